The van der Waals surface area contributed by atoms with Gasteiger partial charge in [0, 0.05) is 72.6 Å². The van der Waals surface area contributed by atoms with E-state index in [4.69, 9.17) is 23.4 Å². The fraction of sp³-hybridized carbons (Fsp3) is 0.0909. The number of hydrogen-bond acceptors (Lipinski definition) is 5. The van der Waals surface area contributed by atoms with E-state index in [1.54, 1.807) is 29.8 Å². The Balaban J connectivity index is 0.00000680. The van der Waals surface area contributed by atoms with Gasteiger partial charge in [-0.05, 0) is 93.0 Å². The topological polar surface area (TPSA) is 31.8 Å². The second-order valence-corrected chi connectivity index (χ2v) is 23.1. The van der Waals surface area contributed by atoms with E-state index in [2.05, 4.69) is 131 Å². The molecule has 0 radical (unpaired) electrons. The van der Waals surface area contributed by atoms with Gasteiger partial charge in [0.05, 0.1) is 13.7 Å². The Morgan fingerprint density at radius 2 is 1.14 bits per heavy atom. The molecule has 0 bridgehead atoms. The van der Waals surface area contributed by atoms with Crippen LogP contribution in [0.2, 0.25) is 0 Å². The zero-order valence-corrected chi connectivity index (χ0v) is 43.8. The van der Waals surface area contributed by atoms with Crippen LogP contribution in [0, 0.1) is 32.6 Å². The smallest absolute Gasteiger partial charge is 0.135 e. The van der Waals surface area contributed by atoms with Crippen LogP contribution in [-0.2, 0) is 26.5 Å². The Labute approximate surface area is 458 Å². The number of fused-ring (bicyclic) bond motifs is 10. The number of benzene rings is 9. The summed E-state index contributed by atoms with van der Waals surface area (Å²) in [5.74, 6) is 1.58. The molecule has 13 rings (SSSR count). The van der Waals surface area contributed by atoms with E-state index in [-0.39, 0.29) is 54.4 Å². The van der Waals surface area contributed by atoms with Crippen LogP contribution in [0.3, 0.4) is 0 Å². The number of aromatic nitrogens is 1. The van der Waals surface area contributed by atoms with Gasteiger partial charge in [0.1, 0.15) is 13.9 Å². The second-order valence-electron chi connectivity index (χ2n) is 19.5. The number of rotatable bonds is 7. The van der Waals surface area contributed by atoms with Crippen molar-refractivity contribution in [2.24, 2.45) is 0 Å². The first-order valence-corrected chi connectivity index (χ1v) is 26.0. The van der Waals surface area contributed by atoms with Crippen molar-refractivity contribution in [3.05, 3.63) is 248 Å². The molecule has 10 aromatic rings. The molecule has 0 saturated heterocycles. The molecule has 0 fully saturated rings. The van der Waals surface area contributed by atoms with Crippen LogP contribution in [0.1, 0.15) is 51.2 Å². The Morgan fingerprint density at radius 1 is 0.548 bits per heavy atom. The van der Waals surface area contributed by atoms with Gasteiger partial charge in [-0.1, -0.05) is 183 Å². The molecule has 9 aromatic carbocycles. The van der Waals surface area contributed by atoms with Gasteiger partial charge in [-0.2, -0.15) is 12.1 Å². The number of pyridine rings is 1. The molecule has 3 aliphatic rings. The summed E-state index contributed by atoms with van der Waals surface area (Å²) < 4.78 is 94.9. The van der Waals surface area contributed by atoms with E-state index in [0.29, 0.717) is 28.6 Å². The summed E-state index contributed by atoms with van der Waals surface area (Å²) in [6.45, 7) is 12.7. The minimum absolute atomic E-state index is 0. The van der Waals surface area contributed by atoms with Crippen LogP contribution in [-0.4, -0.2) is 13.1 Å². The average Bonchev–Trinajstić information content (AvgIpc) is 1.90. The zero-order valence-electron chi connectivity index (χ0n) is 50.5. The largest absolute Gasteiger partial charge is 0.509 e. The van der Waals surface area contributed by atoms with Crippen molar-refractivity contribution >= 4 is 68.8 Å². The van der Waals surface area contributed by atoms with E-state index in [1.165, 1.54) is 37.8 Å². The minimum Gasteiger partial charge on any atom is -0.509 e. The zero-order chi connectivity index (χ0) is 57.4. The Bertz CT molecular complexity index is 4180. The first kappa shape index (κ1) is 36.2. The van der Waals surface area contributed by atoms with Gasteiger partial charge in [-0.15, -0.1) is 47.9 Å². The molecule has 0 N–H and O–H groups in total. The number of aryl methyl sites for hydroxylation is 2. The Hall–Kier alpha value is -7.76. The maximum atomic E-state index is 9.12. The van der Waals surface area contributed by atoms with Crippen molar-refractivity contribution in [2.45, 2.75) is 40.0 Å². The molecule has 3 aliphatic heterocycles. The molecule has 4 heterocycles. The van der Waals surface area contributed by atoms with E-state index in [0.717, 1.165) is 27.9 Å². The first-order valence-electron chi connectivity index (χ1n) is 29.0. The second kappa shape index (κ2) is 18.1. The molecule has 7 heteroatoms. The quantitative estimate of drug-likeness (QED) is 0.117. The molecule has 0 atom stereocenters. The van der Waals surface area contributed by atoms with Gasteiger partial charge in [0.15, 0.2) is 0 Å². The standard InChI is InChI=1S/C66H51N4OSi.Pt/c1-44-30-33-54-55-34-31-45(2)39-63(55)72(62(54)38-44)60-29-15-14-28-58(60)70(64-40-48(36-37-67-64)66(3,4)5)59-42-51(32-35-61(59)72)71-50-23-16-22-49(41-50)68-43-69(57-27-13-12-26-56(57)68)65-52(46-18-8-6-9-19-46)24-17-25-53(65)47-20-10-7-11-21-47;/h6-40,43H,1-5H3;/q-3;/i6D,7D,8D,9D,10D,11D,18D,19D,20D,21D;. The minimum atomic E-state index is -3.06. The van der Waals surface area contributed by atoms with Crippen LogP contribution in [0.25, 0.3) is 33.4 Å². The third-order valence-electron chi connectivity index (χ3n) is 14.0. The SMILES string of the molecule is [2H]c1c([2H])c([2H])c(-c2cccc(-c3c([2H])c([2H])c([2H])c([2H])c3[2H])c2N2[CH-]N(c3[c-]c(Oc4[c-]c5c(cc4)[Si]4(c6cc(C)ccc6-c6ccc(C)cc64)c4ccccc4N5c4cc(C(C)(C)C)ccn4)ccc3)c3ccccc32)c([2H])c1[2H].[Pt]. The summed E-state index contributed by atoms with van der Waals surface area (Å²) >= 11 is 0. The number of hydrogen-bond donors (Lipinski definition) is 0. The van der Waals surface area contributed by atoms with E-state index < -0.39 is 68.5 Å². The van der Waals surface area contributed by atoms with Crippen LogP contribution < -0.4 is 40.2 Å². The first-order chi connectivity index (χ1) is 39.3. The molecule has 1 spiro atoms. The van der Waals surface area contributed by atoms with Crippen LogP contribution in [0.15, 0.2) is 212 Å². The number of ether oxygens (including phenoxy) is 1. The van der Waals surface area contributed by atoms with Gasteiger partial charge < -0.3 is 19.4 Å². The fourth-order valence-corrected chi connectivity index (χ4v) is 16.5. The molecule has 5 nitrogen and oxygen atoms in total. The van der Waals surface area contributed by atoms with Gasteiger partial charge in [0.25, 0.3) is 0 Å². The van der Waals surface area contributed by atoms with Crippen molar-refractivity contribution in [1.82, 2.24) is 4.98 Å². The monoisotopic (exact) mass is 1150 g/mol. The molecule has 0 amide bonds. The van der Waals surface area contributed by atoms with Gasteiger partial charge >= 0.3 is 0 Å². The van der Waals surface area contributed by atoms with E-state index in [1.807, 2.05) is 59.6 Å². The van der Waals surface area contributed by atoms with Crippen LogP contribution in [0.5, 0.6) is 11.5 Å². The molecule has 73 heavy (non-hydrogen) atoms. The summed E-state index contributed by atoms with van der Waals surface area (Å²) in [5.41, 5.74) is 9.81. The molecule has 0 aliphatic carbocycles. The van der Waals surface area contributed by atoms with Gasteiger partial charge in [-0.3, -0.25) is 0 Å². The third kappa shape index (κ3) is 7.57. The summed E-state index contributed by atoms with van der Waals surface area (Å²) in [6, 6.07) is 51.0. The normalized spacial score (nSPS) is 15.6. The molecular formula is C66H51N4OPtSi-3. The molecule has 358 valence electrons. The molecule has 0 unspecified atom stereocenters. The van der Waals surface area contributed by atoms with Crippen molar-refractivity contribution in [2.75, 3.05) is 14.7 Å². The summed E-state index contributed by atoms with van der Waals surface area (Å²) in [7, 11) is -3.06. The van der Waals surface area contributed by atoms with Crippen LogP contribution in [0.4, 0.5) is 39.9 Å². The van der Waals surface area contributed by atoms with Gasteiger partial charge in [-0.25, -0.2) is 4.98 Å². The van der Waals surface area contributed by atoms with E-state index in [9.17, 15) is 0 Å². The Kier molecular flexibility index (Phi) is 8.96. The van der Waals surface area contributed by atoms with E-state index >= 15 is 0 Å². The number of anilines is 7. The fourth-order valence-electron chi connectivity index (χ4n) is 10.8. The molecule has 1 aromatic heterocycles. The summed E-state index contributed by atoms with van der Waals surface area (Å²) in [4.78, 5) is 11.0. The molecular weight excluding hydrogens is 1090 g/mol. The van der Waals surface area contributed by atoms with Crippen molar-refractivity contribution in [3.8, 4) is 44.9 Å². The number of nitrogens with zero attached hydrogens (tertiary/aromatic N) is 4. The van der Waals surface area contributed by atoms with Crippen molar-refractivity contribution in [3.63, 3.8) is 0 Å². The predicted molar refractivity (Wildman–Crippen MR) is 300 cm³/mol. The average molecular weight is 1150 g/mol. The third-order valence-corrected chi connectivity index (χ3v) is 18.9. The summed E-state index contributed by atoms with van der Waals surface area (Å²) in [6.07, 6.45) is 1.88. The van der Waals surface area contributed by atoms with Crippen molar-refractivity contribution < 1.29 is 39.5 Å². The Morgan fingerprint density at radius 3 is 1.78 bits per heavy atom. The summed E-state index contributed by atoms with van der Waals surface area (Å²) in [5, 5.41) is 5.07. The predicted octanol–water partition coefficient (Wildman–Crippen LogP) is 14.3. The van der Waals surface area contributed by atoms with Crippen molar-refractivity contribution in [1.29, 1.82) is 0 Å². The van der Waals surface area contributed by atoms with Gasteiger partial charge in [0.2, 0.25) is 0 Å². The number of para-hydroxylation sites is 4. The maximum absolute atomic E-state index is 9.12. The van der Waals surface area contributed by atoms with Crippen LogP contribution >= 0.6 is 0 Å². The molecule has 0 saturated carbocycles. The maximum Gasteiger partial charge on any atom is 0.135 e.